The Labute approximate surface area is 92.2 Å². The van der Waals surface area contributed by atoms with Gasteiger partial charge in [0.05, 0.1) is 0 Å². The number of hydrogen-bond acceptors (Lipinski definition) is 2. The molecule has 0 amide bonds. The van der Waals surface area contributed by atoms with E-state index in [0.717, 1.165) is 13.1 Å². The molecule has 0 atom stereocenters. The van der Waals surface area contributed by atoms with Gasteiger partial charge in [-0.2, -0.15) is 0 Å². The van der Waals surface area contributed by atoms with Crippen LogP contribution in [0.5, 0.6) is 0 Å². The third-order valence-electron chi connectivity index (χ3n) is 1.20. The van der Waals surface area contributed by atoms with Crippen LogP contribution in [-0.2, 0) is 16.8 Å². The van der Waals surface area contributed by atoms with Crippen molar-refractivity contribution in [2.45, 2.75) is 26.3 Å². The van der Waals surface area contributed by atoms with Gasteiger partial charge in [-0.15, -0.1) is 6.34 Å². The Hall–Kier alpha value is -0.0635. The van der Waals surface area contributed by atoms with E-state index in [0.29, 0.717) is 0 Å². The van der Waals surface area contributed by atoms with E-state index in [4.69, 9.17) is 0 Å². The van der Waals surface area contributed by atoms with E-state index >= 15 is 0 Å². The minimum Gasteiger partial charge on any atom is -0.471 e. The summed E-state index contributed by atoms with van der Waals surface area (Å²) >= 11 is 0. The van der Waals surface area contributed by atoms with E-state index in [1.165, 1.54) is 0 Å². The summed E-state index contributed by atoms with van der Waals surface area (Å²) in [7, 11) is 4.08. The Morgan fingerprint density at radius 2 is 1.85 bits per heavy atom. The van der Waals surface area contributed by atoms with Gasteiger partial charge in [-0.05, 0) is 32.7 Å². The van der Waals surface area contributed by atoms with E-state index in [1.54, 1.807) is 6.34 Å². The number of aliphatic imine (C=N–C) groups is 1. The van der Waals surface area contributed by atoms with Crippen LogP contribution in [0.2, 0.25) is 0 Å². The van der Waals surface area contributed by atoms with Gasteiger partial charge in [0.2, 0.25) is 0 Å². The quantitative estimate of drug-likeness (QED) is 0.410. The second-order valence-electron chi connectivity index (χ2n) is 4.12. The molecule has 1 radical (unpaired) electrons. The first kappa shape index (κ1) is 15.4. The molecule has 0 aliphatic carbocycles. The van der Waals surface area contributed by atoms with Gasteiger partial charge in [0.1, 0.15) is 0 Å². The van der Waals surface area contributed by atoms with Gasteiger partial charge in [0.25, 0.3) is 0 Å². The standard InChI is InChI=1S/C9H20N3.Co/c1-9(2,3)11-8-10-6-7-12(4)5;/h8H,6-7H2,1-5H3;/q-1;. The Morgan fingerprint density at radius 1 is 1.31 bits per heavy atom. The zero-order valence-electron chi connectivity index (χ0n) is 9.17. The fourth-order valence-electron chi connectivity index (χ4n) is 0.529. The molecule has 0 spiro atoms. The van der Waals surface area contributed by atoms with E-state index in [-0.39, 0.29) is 22.3 Å². The van der Waals surface area contributed by atoms with Crippen LogP contribution in [0, 0.1) is 0 Å². The molecular weight excluding hydrogens is 209 g/mol. The maximum Gasteiger partial charge on any atom is 0 e. The minimum atomic E-state index is 0. The fraction of sp³-hybridized carbons (Fsp3) is 0.889. The molecule has 0 fully saturated rings. The minimum absolute atomic E-state index is 0. The SMILES string of the molecule is CN(C)CC[N-]C=NC(C)(C)C.[Co]. The van der Waals surface area contributed by atoms with Crippen LogP contribution in [0.1, 0.15) is 20.8 Å². The van der Waals surface area contributed by atoms with E-state index in [1.807, 2.05) is 14.1 Å². The Balaban J connectivity index is 0. The van der Waals surface area contributed by atoms with Crippen LogP contribution in [0.25, 0.3) is 5.32 Å². The van der Waals surface area contributed by atoms with Crippen LogP contribution < -0.4 is 0 Å². The zero-order valence-corrected chi connectivity index (χ0v) is 10.2. The first-order chi connectivity index (χ1) is 5.42. The summed E-state index contributed by atoms with van der Waals surface area (Å²) < 4.78 is 0. The number of nitrogens with zero attached hydrogens (tertiary/aromatic N) is 3. The molecule has 0 unspecified atom stereocenters. The number of hydrogen-bond donors (Lipinski definition) is 0. The van der Waals surface area contributed by atoms with Gasteiger partial charge in [0, 0.05) is 16.8 Å². The van der Waals surface area contributed by atoms with Crippen LogP contribution in [0.4, 0.5) is 0 Å². The monoisotopic (exact) mass is 229 g/mol. The third-order valence-corrected chi connectivity index (χ3v) is 1.20. The summed E-state index contributed by atoms with van der Waals surface area (Å²) in [5, 5.41) is 4.16. The van der Waals surface area contributed by atoms with Crippen molar-refractivity contribution in [3.05, 3.63) is 5.32 Å². The maximum absolute atomic E-state index is 4.24. The van der Waals surface area contributed by atoms with Crippen molar-refractivity contribution in [3.63, 3.8) is 0 Å². The van der Waals surface area contributed by atoms with Crippen molar-refractivity contribution in [2.24, 2.45) is 4.99 Å². The molecule has 0 aromatic heterocycles. The van der Waals surface area contributed by atoms with Crippen molar-refractivity contribution < 1.29 is 16.8 Å². The van der Waals surface area contributed by atoms with Gasteiger partial charge in [-0.25, -0.2) is 0 Å². The van der Waals surface area contributed by atoms with Crippen molar-refractivity contribution >= 4 is 6.34 Å². The molecule has 81 valence electrons. The third kappa shape index (κ3) is 14.8. The van der Waals surface area contributed by atoms with Crippen molar-refractivity contribution in [2.75, 3.05) is 27.2 Å². The largest absolute Gasteiger partial charge is 0.471 e. The molecule has 0 aromatic rings. The van der Waals surface area contributed by atoms with Crippen molar-refractivity contribution in [1.82, 2.24) is 4.90 Å². The average Bonchev–Trinajstić information content (AvgIpc) is 1.83. The van der Waals surface area contributed by atoms with Crippen LogP contribution in [0.15, 0.2) is 4.99 Å². The molecule has 0 heterocycles. The fourth-order valence-corrected chi connectivity index (χ4v) is 0.529. The molecule has 0 aliphatic rings. The molecule has 0 aromatic carbocycles. The Bertz CT molecular complexity index is 138. The summed E-state index contributed by atoms with van der Waals surface area (Å²) in [5.74, 6) is 0. The summed E-state index contributed by atoms with van der Waals surface area (Å²) in [6.45, 7) is 7.99. The smallest absolute Gasteiger partial charge is 0 e. The Morgan fingerprint density at radius 3 is 2.23 bits per heavy atom. The average molecular weight is 229 g/mol. The van der Waals surface area contributed by atoms with Gasteiger partial charge in [-0.1, -0.05) is 20.8 Å². The predicted octanol–water partition coefficient (Wildman–Crippen LogP) is 1.75. The summed E-state index contributed by atoms with van der Waals surface area (Å²) in [4.78, 5) is 6.35. The van der Waals surface area contributed by atoms with Crippen molar-refractivity contribution in [3.8, 4) is 0 Å². The zero-order chi connectivity index (χ0) is 9.61. The van der Waals surface area contributed by atoms with Gasteiger partial charge >= 0.3 is 0 Å². The Kier molecular flexibility index (Phi) is 8.71. The van der Waals surface area contributed by atoms with E-state index in [9.17, 15) is 0 Å². The summed E-state index contributed by atoms with van der Waals surface area (Å²) in [6.07, 6.45) is 1.67. The molecule has 0 saturated carbocycles. The molecule has 0 rings (SSSR count). The van der Waals surface area contributed by atoms with Crippen molar-refractivity contribution in [1.29, 1.82) is 0 Å². The molecule has 13 heavy (non-hydrogen) atoms. The van der Waals surface area contributed by atoms with Gasteiger partial charge in [0.15, 0.2) is 0 Å². The van der Waals surface area contributed by atoms with E-state index in [2.05, 4.69) is 36.0 Å². The maximum atomic E-state index is 4.24. The molecule has 0 aliphatic heterocycles. The first-order valence-electron chi connectivity index (χ1n) is 4.27. The second-order valence-corrected chi connectivity index (χ2v) is 4.12. The normalized spacial score (nSPS) is 11.8. The van der Waals surface area contributed by atoms with Gasteiger partial charge < -0.3 is 15.2 Å². The molecule has 3 nitrogen and oxygen atoms in total. The molecule has 0 bridgehead atoms. The van der Waals surface area contributed by atoms with Crippen LogP contribution >= 0.6 is 0 Å². The van der Waals surface area contributed by atoms with Crippen LogP contribution in [0.3, 0.4) is 0 Å². The molecule has 0 saturated heterocycles. The number of likely N-dealkylation sites (N-methyl/N-ethyl adjacent to an activating group) is 1. The van der Waals surface area contributed by atoms with Crippen LogP contribution in [-0.4, -0.2) is 44.0 Å². The van der Waals surface area contributed by atoms with E-state index < -0.39 is 0 Å². The van der Waals surface area contributed by atoms with Gasteiger partial charge in [-0.3, -0.25) is 0 Å². The molecule has 0 N–H and O–H groups in total. The molecular formula is C9H20CoN3-. The topological polar surface area (TPSA) is 29.7 Å². The summed E-state index contributed by atoms with van der Waals surface area (Å²) in [5.41, 5.74) is 0.00160. The number of rotatable bonds is 4. The predicted molar refractivity (Wildman–Crippen MR) is 55.0 cm³/mol. The second kappa shape index (κ2) is 7.35. The molecule has 4 heteroatoms. The summed E-state index contributed by atoms with van der Waals surface area (Å²) in [6, 6.07) is 0. The first-order valence-corrected chi connectivity index (χ1v) is 4.27.